The van der Waals surface area contributed by atoms with E-state index in [0.29, 0.717) is 0 Å². The van der Waals surface area contributed by atoms with Crippen LogP contribution >= 0.6 is 0 Å². The van der Waals surface area contributed by atoms with Gasteiger partial charge < -0.3 is 115 Å². The van der Waals surface area contributed by atoms with Gasteiger partial charge in [0.15, 0.2) is 18.9 Å². The highest BCUT2D eigenvalue weighted by molar-refractivity contribution is 5.77. The van der Waals surface area contributed by atoms with Gasteiger partial charge in [-0.3, -0.25) is 9.59 Å². The number of ether oxygens (including phenoxy) is 7. The Morgan fingerprint density at radius 2 is 1.21 bits per heavy atom. The molecule has 0 aromatic rings. The van der Waals surface area contributed by atoms with E-state index in [9.17, 15) is 85.9 Å². The standard InChI is InChI=1S/C31H52N2O24/c1-8(38)32-15-10(40)3-31(30(49)50,56-24(15)17(42)11(41)4-34)57-25-16(33-9(2)39)28(52-12(5-35)18(25)43)55-26-19(44)13(6-36)53-29(22(26)47)54-23-14(7-37)51-27(48)21(46)20(23)45/h10-29,34-37,40-48H,3-7H2,1-2H3,(H,32,38)(H,33,39)(H,49,50)/t10-,11+,12+,13+,14+,15+,16+,17+,18+,19-,20+,21+,22+,23+,24+,25+,26-,27+,28-,29-,31-/m0/s1. The van der Waals surface area contributed by atoms with Gasteiger partial charge in [-0.15, -0.1) is 0 Å². The molecule has 0 aromatic heterocycles. The molecule has 26 heteroatoms. The lowest BCUT2D eigenvalue weighted by molar-refractivity contribution is -0.382. The van der Waals surface area contributed by atoms with Crippen molar-refractivity contribution in [3.63, 3.8) is 0 Å². The van der Waals surface area contributed by atoms with Crippen LogP contribution in [-0.2, 0) is 47.5 Å². The van der Waals surface area contributed by atoms with E-state index in [4.69, 9.17) is 33.2 Å². The second-order valence-corrected chi connectivity index (χ2v) is 14.0. The molecule has 0 radical (unpaired) electrons. The van der Waals surface area contributed by atoms with E-state index in [-0.39, 0.29) is 0 Å². The van der Waals surface area contributed by atoms with Crippen LogP contribution in [0.4, 0.5) is 0 Å². The summed E-state index contributed by atoms with van der Waals surface area (Å²) in [4.78, 5) is 37.5. The number of hydrogen-bond acceptors (Lipinski definition) is 23. The summed E-state index contributed by atoms with van der Waals surface area (Å²) in [7, 11) is 0. The van der Waals surface area contributed by atoms with Gasteiger partial charge in [0.2, 0.25) is 11.8 Å². The largest absolute Gasteiger partial charge is 0.477 e. The summed E-state index contributed by atoms with van der Waals surface area (Å²) in [5, 5.41) is 151. The number of nitrogens with one attached hydrogen (secondary N) is 2. The number of carboxylic acids is 1. The van der Waals surface area contributed by atoms with Crippen molar-refractivity contribution in [2.75, 3.05) is 26.4 Å². The van der Waals surface area contributed by atoms with Crippen LogP contribution in [0.5, 0.6) is 0 Å². The quantitative estimate of drug-likeness (QED) is 0.0728. The van der Waals surface area contributed by atoms with Crippen LogP contribution in [-0.4, -0.2) is 244 Å². The minimum absolute atomic E-state index is 0.792. The van der Waals surface area contributed by atoms with Gasteiger partial charge in [0.1, 0.15) is 91.5 Å². The summed E-state index contributed by atoms with van der Waals surface area (Å²) in [5.74, 6) is -6.85. The van der Waals surface area contributed by atoms with Crippen molar-refractivity contribution >= 4 is 17.8 Å². The maximum absolute atomic E-state index is 13.0. The molecule has 4 rings (SSSR count). The van der Waals surface area contributed by atoms with Gasteiger partial charge in [-0.1, -0.05) is 0 Å². The van der Waals surface area contributed by atoms with Crippen LogP contribution in [0.1, 0.15) is 20.3 Å². The third kappa shape index (κ3) is 10.2. The molecule has 0 aliphatic carbocycles. The van der Waals surface area contributed by atoms with Gasteiger partial charge in [0.05, 0.1) is 38.6 Å². The number of carbonyl (C=O) groups excluding carboxylic acids is 2. The molecule has 330 valence electrons. The molecule has 0 aromatic carbocycles. The first-order valence-electron chi connectivity index (χ1n) is 17.7. The highest BCUT2D eigenvalue weighted by atomic mass is 16.8. The first-order valence-corrected chi connectivity index (χ1v) is 17.7. The van der Waals surface area contributed by atoms with Crippen molar-refractivity contribution in [1.82, 2.24) is 10.6 Å². The number of aliphatic hydroxyl groups is 13. The monoisotopic (exact) mass is 836 g/mol. The van der Waals surface area contributed by atoms with Crippen LogP contribution in [0.15, 0.2) is 0 Å². The molecule has 57 heavy (non-hydrogen) atoms. The lowest BCUT2D eigenvalue weighted by atomic mass is 9.88. The summed E-state index contributed by atoms with van der Waals surface area (Å²) in [6.07, 6.45) is -36.2. The molecule has 4 fully saturated rings. The van der Waals surface area contributed by atoms with Gasteiger partial charge in [0.25, 0.3) is 5.79 Å². The van der Waals surface area contributed by atoms with Crippen molar-refractivity contribution in [3.05, 3.63) is 0 Å². The second kappa shape index (κ2) is 19.8. The minimum Gasteiger partial charge on any atom is -0.477 e. The number of rotatable bonds is 15. The molecule has 0 saturated carbocycles. The van der Waals surface area contributed by atoms with Crippen molar-refractivity contribution in [2.24, 2.45) is 0 Å². The Kier molecular flexibility index (Phi) is 16.4. The van der Waals surface area contributed by atoms with Crippen molar-refractivity contribution in [2.45, 2.75) is 149 Å². The van der Waals surface area contributed by atoms with Crippen LogP contribution in [0.2, 0.25) is 0 Å². The molecule has 26 nitrogen and oxygen atoms in total. The molecule has 4 saturated heterocycles. The fourth-order valence-corrected chi connectivity index (χ4v) is 7.05. The Morgan fingerprint density at radius 1 is 0.684 bits per heavy atom. The smallest absolute Gasteiger partial charge is 0.364 e. The number of hydrogen-bond donors (Lipinski definition) is 16. The van der Waals surface area contributed by atoms with Gasteiger partial charge in [-0.05, 0) is 0 Å². The third-order valence-corrected chi connectivity index (χ3v) is 9.98. The van der Waals surface area contributed by atoms with Crippen molar-refractivity contribution in [1.29, 1.82) is 0 Å². The Hall–Kier alpha value is -2.39. The lowest BCUT2D eigenvalue weighted by Gasteiger charge is -2.51. The molecule has 4 aliphatic heterocycles. The van der Waals surface area contributed by atoms with Crippen LogP contribution in [0.25, 0.3) is 0 Å². The molecular weight excluding hydrogens is 784 g/mol. The second-order valence-electron chi connectivity index (χ2n) is 14.0. The van der Waals surface area contributed by atoms with Gasteiger partial charge in [0, 0.05) is 20.3 Å². The number of aliphatic hydroxyl groups excluding tert-OH is 13. The van der Waals surface area contributed by atoms with E-state index in [2.05, 4.69) is 10.6 Å². The summed E-state index contributed by atoms with van der Waals surface area (Å²) in [5.41, 5.74) is 0. The van der Waals surface area contributed by atoms with Crippen LogP contribution in [0.3, 0.4) is 0 Å². The van der Waals surface area contributed by atoms with E-state index in [1.54, 1.807) is 0 Å². The van der Waals surface area contributed by atoms with E-state index in [1.165, 1.54) is 0 Å². The van der Waals surface area contributed by atoms with Crippen molar-refractivity contribution < 1.29 is 119 Å². The summed E-state index contributed by atoms with van der Waals surface area (Å²) in [6, 6.07) is -3.51. The van der Waals surface area contributed by atoms with Crippen LogP contribution in [0, 0.1) is 0 Å². The Bertz CT molecular complexity index is 1350. The zero-order valence-electron chi connectivity index (χ0n) is 30.4. The fraction of sp³-hybridized carbons (Fsp3) is 0.903. The maximum Gasteiger partial charge on any atom is 0.364 e. The highest BCUT2D eigenvalue weighted by Gasteiger charge is 2.61. The third-order valence-electron chi connectivity index (χ3n) is 9.98. The fourth-order valence-electron chi connectivity index (χ4n) is 7.05. The van der Waals surface area contributed by atoms with Gasteiger partial charge >= 0.3 is 5.97 Å². The zero-order valence-corrected chi connectivity index (χ0v) is 30.4. The van der Waals surface area contributed by atoms with E-state index in [0.717, 1.165) is 13.8 Å². The normalized spacial score (nSPS) is 45.1. The molecule has 0 bridgehead atoms. The average Bonchev–Trinajstić information content (AvgIpc) is 3.16. The number of carboxylic acid groups (broad SMARTS) is 1. The highest BCUT2D eigenvalue weighted by Crippen LogP contribution is 2.39. The van der Waals surface area contributed by atoms with Crippen molar-refractivity contribution in [3.8, 4) is 0 Å². The molecular formula is C31H52N2O24. The summed E-state index contributed by atoms with van der Waals surface area (Å²) >= 11 is 0. The SMILES string of the molecule is CC(=O)N[C@H]1[C@H](O[C@H]2[C@@H](O)[C@@H](CO)O[C@@H](O[C@H]3[C@H](O)[C@@H](O)[C@H](O)O[C@@H]3CO)[C@@H]2O)O[C@H](CO)[C@@H](O)[C@@H]1O[C@]1(C(=O)O)C[C@H](O)[C@@H](NC(C)=O)[C@H]([C@H](O)[C@H](O)CO)O1. The Balaban J connectivity index is 1.71. The van der Waals surface area contributed by atoms with E-state index >= 15 is 0 Å². The Labute approximate surface area is 322 Å². The van der Waals surface area contributed by atoms with E-state index < -0.39 is 179 Å². The predicted molar refractivity (Wildman–Crippen MR) is 174 cm³/mol. The molecule has 0 unspecified atom stereocenters. The lowest BCUT2D eigenvalue weighted by Crippen LogP contribution is -2.72. The predicted octanol–water partition coefficient (Wildman–Crippen LogP) is -10.3. The number of aliphatic carboxylic acids is 1. The Morgan fingerprint density at radius 3 is 1.74 bits per heavy atom. The van der Waals surface area contributed by atoms with E-state index in [1.807, 2.05) is 0 Å². The minimum atomic E-state index is -3.12. The molecule has 21 atom stereocenters. The zero-order chi connectivity index (χ0) is 42.7. The molecule has 0 spiro atoms. The molecule has 2 amide bonds. The maximum atomic E-state index is 13.0. The summed E-state index contributed by atoms with van der Waals surface area (Å²) < 4.78 is 39.1. The average molecular weight is 837 g/mol. The summed E-state index contributed by atoms with van der Waals surface area (Å²) in [6.45, 7) is -2.07. The molecule has 16 N–H and O–H groups in total. The molecule has 4 heterocycles. The number of amides is 2. The topological polar surface area (TPSA) is 423 Å². The van der Waals surface area contributed by atoms with Gasteiger partial charge in [-0.25, -0.2) is 4.79 Å². The van der Waals surface area contributed by atoms with Gasteiger partial charge in [-0.2, -0.15) is 0 Å². The van der Waals surface area contributed by atoms with Crippen LogP contribution < -0.4 is 10.6 Å². The number of carbonyl (C=O) groups is 3. The first-order chi connectivity index (χ1) is 26.7. The first kappa shape index (κ1) is 47.3. The molecule has 4 aliphatic rings.